The van der Waals surface area contributed by atoms with Crippen molar-refractivity contribution in [3.05, 3.63) is 69.4 Å². The summed E-state index contributed by atoms with van der Waals surface area (Å²) in [6, 6.07) is 10.7. The topological polar surface area (TPSA) is 70.2 Å². The van der Waals surface area contributed by atoms with E-state index in [2.05, 4.69) is 4.98 Å². The fourth-order valence-corrected chi connectivity index (χ4v) is 3.26. The molecule has 4 nitrogen and oxygen atoms in total. The number of carboxylic acids is 1. The Hall–Kier alpha value is -2.59. The maximum Gasteiger partial charge on any atom is 0.335 e. The first-order valence-electron chi connectivity index (χ1n) is 7.51. The standard InChI is InChI=1S/C19H16ClNO3/c1-10-17-13(7-12-5-3-4-6-15(12)20)8-14(19(23)24)9-16(17)21-18(10)11(2)22/h3-6,8-9,21H,7H2,1-2H3,(H,23,24). The van der Waals surface area contributed by atoms with E-state index in [0.717, 1.165) is 22.1 Å². The summed E-state index contributed by atoms with van der Waals surface area (Å²) in [5.41, 5.74) is 3.91. The van der Waals surface area contributed by atoms with E-state index in [0.29, 0.717) is 22.7 Å². The minimum absolute atomic E-state index is 0.0794. The number of Topliss-reactive ketones (excluding diaryl/α,β-unsaturated/α-hetero) is 1. The first-order valence-corrected chi connectivity index (χ1v) is 7.89. The number of halogens is 1. The highest BCUT2D eigenvalue weighted by Gasteiger charge is 2.18. The number of carbonyl (C=O) groups is 2. The second-order valence-electron chi connectivity index (χ2n) is 5.81. The van der Waals surface area contributed by atoms with Crippen molar-refractivity contribution in [2.75, 3.05) is 0 Å². The number of carbonyl (C=O) groups excluding carboxylic acids is 1. The number of aromatic carboxylic acids is 1. The van der Waals surface area contributed by atoms with Crippen LogP contribution in [0, 0.1) is 6.92 Å². The molecular formula is C19H16ClNO3. The van der Waals surface area contributed by atoms with Gasteiger partial charge < -0.3 is 10.1 Å². The monoisotopic (exact) mass is 341 g/mol. The van der Waals surface area contributed by atoms with Crippen LogP contribution in [0.2, 0.25) is 5.02 Å². The van der Waals surface area contributed by atoms with Crippen LogP contribution in [0.15, 0.2) is 36.4 Å². The lowest BCUT2D eigenvalue weighted by atomic mass is 9.96. The Morgan fingerprint density at radius 2 is 1.88 bits per heavy atom. The first kappa shape index (κ1) is 16.3. The number of benzene rings is 2. The molecule has 0 atom stereocenters. The van der Waals surface area contributed by atoms with Crippen molar-refractivity contribution >= 4 is 34.3 Å². The molecule has 0 bridgehead atoms. The molecule has 0 aliphatic rings. The van der Waals surface area contributed by atoms with Gasteiger partial charge in [-0.3, -0.25) is 4.79 Å². The number of hydrogen-bond acceptors (Lipinski definition) is 2. The lowest BCUT2D eigenvalue weighted by Gasteiger charge is -2.09. The number of fused-ring (bicyclic) bond motifs is 1. The molecule has 3 aromatic rings. The summed E-state index contributed by atoms with van der Waals surface area (Å²) in [7, 11) is 0. The van der Waals surface area contributed by atoms with Crippen molar-refractivity contribution in [3.8, 4) is 0 Å². The zero-order valence-corrected chi connectivity index (χ0v) is 14.1. The van der Waals surface area contributed by atoms with E-state index >= 15 is 0 Å². The summed E-state index contributed by atoms with van der Waals surface area (Å²) in [5.74, 6) is -1.08. The summed E-state index contributed by atoms with van der Waals surface area (Å²) in [6.07, 6.45) is 0.493. The van der Waals surface area contributed by atoms with Gasteiger partial charge in [0.25, 0.3) is 0 Å². The van der Waals surface area contributed by atoms with Crippen LogP contribution >= 0.6 is 11.6 Å². The summed E-state index contributed by atoms with van der Waals surface area (Å²) >= 11 is 6.24. The number of aromatic nitrogens is 1. The molecule has 0 unspecified atom stereocenters. The lowest BCUT2D eigenvalue weighted by Crippen LogP contribution is -1.99. The predicted octanol–water partition coefficient (Wildman–Crippen LogP) is 4.62. The van der Waals surface area contributed by atoms with Crippen LogP contribution in [-0.2, 0) is 6.42 Å². The molecule has 1 aromatic heterocycles. The van der Waals surface area contributed by atoms with E-state index in [-0.39, 0.29) is 11.3 Å². The van der Waals surface area contributed by atoms with Crippen molar-refractivity contribution in [2.45, 2.75) is 20.3 Å². The first-order chi connectivity index (χ1) is 11.4. The molecule has 0 spiro atoms. The van der Waals surface area contributed by atoms with Crippen molar-refractivity contribution in [1.82, 2.24) is 4.98 Å². The second kappa shape index (κ2) is 6.13. The number of carboxylic acid groups (broad SMARTS) is 1. The van der Waals surface area contributed by atoms with Gasteiger partial charge in [-0.2, -0.15) is 0 Å². The maximum absolute atomic E-state index is 11.8. The largest absolute Gasteiger partial charge is 0.478 e. The van der Waals surface area contributed by atoms with Gasteiger partial charge in [0.05, 0.1) is 11.3 Å². The molecule has 24 heavy (non-hydrogen) atoms. The normalized spacial score (nSPS) is 11.0. The van der Waals surface area contributed by atoms with Gasteiger partial charge in [0.1, 0.15) is 0 Å². The Kier molecular flexibility index (Phi) is 4.16. The molecule has 3 rings (SSSR count). The Morgan fingerprint density at radius 1 is 1.17 bits per heavy atom. The third-order valence-corrected chi connectivity index (χ3v) is 4.54. The van der Waals surface area contributed by atoms with Crippen LogP contribution in [0.1, 0.15) is 44.5 Å². The molecule has 0 fully saturated rings. The van der Waals surface area contributed by atoms with Gasteiger partial charge >= 0.3 is 5.97 Å². The van der Waals surface area contributed by atoms with Crippen LogP contribution in [0.4, 0.5) is 0 Å². The molecule has 0 aliphatic heterocycles. The van der Waals surface area contributed by atoms with Crippen LogP contribution in [-0.4, -0.2) is 21.8 Å². The van der Waals surface area contributed by atoms with Crippen molar-refractivity contribution < 1.29 is 14.7 Å². The Labute approximate surface area is 144 Å². The number of aryl methyl sites for hydroxylation is 1. The predicted molar refractivity (Wildman–Crippen MR) is 94.3 cm³/mol. The van der Waals surface area contributed by atoms with Crippen molar-refractivity contribution in [3.63, 3.8) is 0 Å². The molecule has 122 valence electrons. The SMILES string of the molecule is CC(=O)c1[nH]c2cc(C(=O)O)cc(Cc3ccccc3Cl)c2c1C. The van der Waals surface area contributed by atoms with Gasteiger partial charge in [-0.15, -0.1) is 0 Å². The van der Waals surface area contributed by atoms with Crippen LogP contribution in [0.3, 0.4) is 0 Å². The zero-order chi connectivity index (χ0) is 17.4. The van der Waals surface area contributed by atoms with E-state index < -0.39 is 5.97 Å². The van der Waals surface area contributed by atoms with Crippen molar-refractivity contribution in [2.24, 2.45) is 0 Å². The van der Waals surface area contributed by atoms with Gasteiger partial charge in [0, 0.05) is 22.8 Å². The number of hydrogen-bond donors (Lipinski definition) is 2. The fraction of sp³-hybridized carbons (Fsp3) is 0.158. The summed E-state index contributed by atoms with van der Waals surface area (Å²) in [6.45, 7) is 3.36. The minimum atomic E-state index is -1.01. The van der Waals surface area contributed by atoms with Gasteiger partial charge in [0.15, 0.2) is 5.78 Å². The third kappa shape index (κ3) is 2.81. The quantitative estimate of drug-likeness (QED) is 0.680. The smallest absolute Gasteiger partial charge is 0.335 e. The average Bonchev–Trinajstić information content (AvgIpc) is 2.87. The molecule has 0 radical (unpaired) electrons. The average molecular weight is 342 g/mol. The summed E-state index contributed by atoms with van der Waals surface area (Å²) in [4.78, 5) is 26.3. The third-order valence-electron chi connectivity index (χ3n) is 4.17. The molecule has 0 aliphatic carbocycles. The highest BCUT2D eigenvalue weighted by Crippen LogP contribution is 2.30. The van der Waals surface area contributed by atoms with Gasteiger partial charge in [0.2, 0.25) is 0 Å². The molecule has 1 heterocycles. The van der Waals surface area contributed by atoms with Crippen LogP contribution in [0.25, 0.3) is 10.9 Å². The van der Waals surface area contributed by atoms with Crippen LogP contribution in [0.5, 0.6) is 0 Å². The van der Waals surface area contributed by atoms with Gasteiger partial charge in [-0.1, -0.05) is 29.8 Å². The van der Waals surface area contributed by atoms with E-state index in [4.69, 9.17) is 11.6 Å². The molecular weight excluding hydrogens is 326 g/mol. The molecule has 2 N–H and O–H groups in total. The number of ketones is 1. The number of rotatable bonds is 4. The molecule has 0 saturated heterocycles. The number of aromatic amines is 1. The highest BCUT2D eigenvalue weighted by atomic mass is 35.5. The molecule has 0 amide bonds. The summed E-state index contributed by atoms with van der Waals surface area (Å²) in [5, 5.41) is 10.9. The Bertz CT molecular complexity index is 972. The molecule has 2 aromatic carbocycles. The number of nitrogens with one attached hydrogen (secondary N) is 1. The van der Waals surface area contributed by atoms with Gasteiger partial charge in [-0.25, -0.2) is 4.79 Å². The van der Waals surface area contributed by atoms with E-state index in [1.807, 2.05) is 25.1 Å². The molecule has 0 saturated carbocycles. The van der Waals surface area contributed by atoms with E-state index in [9.17, 15) is 14.7 Å². The second-order valence-corrected chi connectivity index (χ2v) is 6.22. The summed E-state index contributed by atoms with van der Waals surface area (Å²) < 4.78 is 0. The maximum atomic E-state index is 11.8. The zero-order valence-electron chi connectivity index (χ0n) is 13.3. The number of H-pyrrole nitrogens is 1. The van der Waals surface area contributed by atoms with E-state index in [1.165, 1.54) is 6.92 Å². The van der Waals surface area contributed by atoms with Gasteiger partial charge in [-0.05, 0) is 48.2 Å². The molecule has 5 heteroatoms. The Morgan fingerprint density at radius 3 is 2.50 bits per heavy atom. The minimum Gasteiger partial charge on any atom is -0.478 e. The van der Waals surface area contributed by atoms with Crippen molar-refractivity contribution in [1.29, 1.82) is 0 Å². The lowest BCUT2D eigenvalue weighted by molar-refractivity contribution is 0.0696. The fourth-order valence-electron chi connectivity index (χ4n) is 3.06. The van der Waals surface area contributed by atoms with Crippen LogP contribution < -0.4 is 0 Å². The Balaban J connectivity index is 2.26. The van der Waals surface area contributed by atoms with E-state index in [1.54, 1.807) is 18.2 Å². The highest BCUT2D eigenvalue weighted by molar-refractivity contribution is 6.31.